The van der Waals surface area contributed by atoms with Crippen LogP contribution in [0, 0.1) is 0 Å². The van der Waals surface area contributed by atoms with E-state index in [2.05, 4.69) is 45.4 Å². The molecule has 0 saturated heterocycles. The van der Waals surface area contributed by atoms with Crippen molar-refractivity contribution in [2.24, 2.45) is 0 Å². The standard InChI is InChI=1S/C15H26BrNS/c1-17(14-15-10-9-13-18-15)12-8-6-4-2-3-5-7-11-16/h9-10,13H,2-8,11-12,14H2,1H3. The summed E-state index contributed by atoms with van der Waals surface area (Å²) in [7, 11) is 2.23. The van der Waals surface area contributed by atoms with E-state index in [0.717, 1.165) is 6.54 Å². The van der Waals surface area contributed by atoms with Gasteiger partial charge in [0.1, 0.15) is 0 Å². The molecule has 0 aliphatic rings. The minimum atomic E-state index is 1.11. The Kier molecular flexibility index (Phi) is 9.90. The molecule has 1 heterocycles. The Morgan fingerprint density at radius 2 is 1.72 bits per heavy atom. The van der Waals surface area contributed by atoms with E-state index < -0.39 is 0 Å². The highest BCUT2D eigenvalue weighted by molar-refractivity contribution is 9.09. The number of hydrogen-bond donors (Lipinski definition) is 0. The zero-order chi connectivity index (χ0) is 13.1. The van der Waals surface area contributed by atoms with Gasteiger partial charge >= 0.3 is 0 Å². The van der Waals surface area contributed by atoms with Crippen LogP contribution in [0.15, 0.2) is 17.5 Å². The maximum atomic E-state index is 3.48. The summed E-state index contributed by atoms with van der Waals surface area (Å²) in [5.41, 5.74) is 0. The lowest BCUT2D eigenvalue weighted by Crippen LogP contribution is -2.18. The Morgan fingerprint density at radius 3 is 2.33 bits per heavy atom. The molecule has 0 fully saturated rings. The molecule has 104 valence electrons. The SMILES string of the molecule is CN(CCCCCCCCCBr)Cc1cccs1. The minimum Gasteiger partial charge on any atom is -0.301 e. The summed E-state index contributed by atoms with van der Waals surface area (Å²) in [4.78, 5) is 3.92. The number of nitrogens with zero attached hydrogens (tertiary/aromatic N) is 1. The molecule has 1 aromatic rings. The summed E-state index contributed by atoms with van der Waals surface area (Å²) in [5.74, 6) is 0. The second-order valence-corrected chi connectivity index (χ2v) is 6.81. The third kappa shape index (κ3) is 8.28. The lowest BCUT2D eigenvalue weighted by atomic mass is 10.1. The monoisotopic (exact) mass is 331 g/mol. The molecule has 0 unspecified atom stereocenters. The van der Waals surface area contributed by atoms with E-state index in [1.807, 2.05) is 11.3 Å². The lowest BCUT2D eigenvalue weighted by Gasteiger charge is -2.15. The van der Waals surface area contributed by atoms with Gasteiger partial charge in [0.2, 0.25) is 0 Å². The van der Waals surface area contributed by atoms with Crippen molar-refractivity contribution < 1.29 is 0 Å². The fraction of sp³-hybridized carbons (Fsp3) is 0.733. The van der Waals surface area contributed by atoms with Crippen LogP contribution in [0.1, 0.15) is 49.8 Å². The zero-order valence-electron chi connectivity index (χ0n) is 11.5. The van der Waals surface area contributed by atoms with Crippen molar-refractivity contribution in [3.05, 3.63) is 22.4 Å². The number of hydrogen-bond acceptors (Lipinski definition) is 2. The van der Waals surface area contributed by atoms with Crippen LogP contribution >= 0.6 is 27.3 Å². The Labute approximate surface area is 125 Å². The molecule has 0 aromatic carbocycles. The zero-order valence-corrected chi connectivity index (χ0v) is 13.9. The fourth-order valence-corrected chi connectivity index (χ4v) is 3.29. The second-order valence-electron chi connectivity index (χ2n) is 4.98. The van der Waals surface area contributed by atoms with Gasteiger partial charge in [-0.3, -0.25) is 0 Å². The topological polar surface area (TPSA) is 3.24 Å². The van der Waals surface area contributed by atoms with Crippen molar-refractivity contribution in [3.8, 4) is 0 Å². The molecule has 0 saturated carbocycles. The van der Waals surface area contributed by atoms with Crippen LogP contribution in [-0.2, 0) is 6.54 Å². The number of rotatable bonds is 11. The average Bonchev–Trinajstić information content (AvgIpc) is 2.85. The molecule has 0 spiro atoms. The highest BCUT2D eigenvalue weighted by Crippen LogP contribution is 2.12. The summed E-state index contributed by atoms with van der Waals surface area (Å²) < 4.78 is 0. The summed E-state index contributed by atoms with van der Waals surface area (Å²) >= 11 is 5.34. The van der Waals surface area contributed by atoms with Crippen LogP contribution in [-0.4, -0.2) is 23.8 Å². The van der Waals surface area contributed by atoms with Crippen molar-refractivity contribution >= 4 is 27.3 Å². The van der Waals surface area contributed by atoms with Crippen molar-refractivity contribution in [2.45, 2.75) is 51.5 Å². The minimum absolute atomic E-state index is 1.11. The van der Waals surface area contributed by atoms with Crippen molar-refractivity contribution in [3.63, 3.8) is 0 Å². The predicted molar refractivity (Wildman–Crippen MR) is 86.8 cm³/mol. The molecule has 1 nitrogen and oxygen atoms in total. The van der Waals surface area contributed by atoms with Crippen LogP contribution in [0.2, 0.25) is 0 Å². The number of halogens is 1. The molecule has 0 atom stereocenters. The third-order valence-corrected chi connectivity index (χ3v) is 4.60. The van der Waals surface area contributed by atoms with Crippen LogP contribution in [0.3, 0.4) is 0 Å². The van der Waals surface area contributed by atoms with Gasteiger partial charge in [0.25, 0.3) is 0 Å². The van der Waals surface area contributed by atoms with Crippen LogP contribution in [0.4, 0.5) is 0 Å². The second kappa shape index (κ2) is 11.0. The van der Waals surface area contributed by atoms with E-state index in [1.54, 1.807) is 0 Å². The smallest absolute Gasteiger partial charge is 0.0324 e. The maximum Gasteiger partial charge on any atom is 0.0324 e. The molecular formula is C15H26BrNS. The van der Waals surface area contributed by atoms with E-state index >= 15 is 0 Å². The highest BCUT2D eigenvalue weighted by atomic mass is 79.9. The van der Waals surface area contributed by atoms with E-state index in [9.17, 15) is 0 Å². The summed E-state index contributed by atoms with van der Waals surface area (Å²) in [5, 5.41) is 3.33. The van der Waals surface area contributed by atoms with Gasteiger partial charge in [-0.05, 0) is 37.9 Å². The molecular weight excluding hydrogens is 306 g/mol. The molecule has 1 rings (SSSR count). The maximum absolute atomic E-state index is 3.48. The fourth-order valence-electron chi connectivity index (χ4n) is 2.11. The van der Waals surface area contributed by atoms with Gasteiger partial charge in [0.15, 0.2) is 0 Å². The lowest BCUT2D eigenvalue weighted by molar-refractivity contribution is 0.319. The third-order valence-electron chi connectivity index (χ3n) is 3.18. The average molecular weight is 332 g/mol. The first-order chi connectivity index (χ1) is 8.83. The van der Waals surface area contributed by atoms with Crippen molar-refractivity contribution in [1.82, 2.24) is 4.90 Å². The van der Waals surface area contributed by atoms with Gasteiger partial charge in [0.05, 0.1) is 0 Å². The number of unbranched alkanes of at least 4 members (excludes halogenated alkanes) is 6. The van der Waals surface area contributed by atoms with Crippen LogP contribution in [0.5, 0.6) is 0 Å². The molecule has 0 radical (unpaired) electrons. The van der Waals surface area contributed by atoms with Crippen molar-refractivity contribution in [2.75, 3.05) is 18.9 Å². The first-order valence-electron chi connectivity index (χ1n) is 7.10. The molecule has 0 amide bonds. The van der Waals surface area contributed by atoms with Crippen molar-refractivity contribution in [1.29, 1.82) is 0 Å². The normalized spacial score (nSPS) is 11.3. The number of thiophene rings is 1. The van der Waals surface area contributed by atoms with Crippen LogP contribution in [0.25, 0.3) is 0 Å². The summed E-state index contributed by atoms with van der Waals surface area (Å²) in [6.45, 7) is 2.35. The molecule has 1 aromatic heterocycles. The van der Waals surface area contributed by atoms with Gasteiger partial charge in [0, 0.05) is 16.8 Å². The first-order valence-corrected chi connectivity index (χ1v) is 9.10. The quantitative estimate of drug-likeness (QED) is 0.392. The Balaban J connectivity index is 1.88. The largest absolute Gasteiger partial charge is 0.301 e. The summed E-state index contributed by atoms with van der Waals surface area (Å²) in [6, 6.07) is 4.37. The molecule has 0 aliphatic carbocycles. The van der Waals surface area contributed by atoms with Crippen LogP contribution < -0.4 is 0 Å². The molecule has 0 N–H and O–H groups in total. The molecule has 0 aliphatic heterocycles. The predicted octanol–water partition coefficient (Wildman–Crippen LogP) is 5.31. The first kappa shape index (κ1) is 16.2. The number of alkyl halides is 1. The summed E-state index contributed by atoms with van der Waals surface area (Å²) in [6.07, 6.45) is 9.71. The van der Waals surface area contributed by atoms with E-state index in [0.29, 0.717) is 0 Å². The van der Waals surface area contributed by atoms with Gasteiger partial charge < -0.3 is 4.90 Å². The Bertz CT molecular complexity index is 274. The molecule has 18 heavy (non-hydrogen) atoms. The van der Waals surface area contributed by atoms with E-state index in [4.69, 9.17) is 0 Å². The van der Waals surface area contributed by atoms with Gasteiger partial charge in [-0.1, -0.05) is 54.1 Å². The van der Waals surface area contributed by atoms with Gasteiger partial charge in [-0.25, -0.2) is 0 Å². The van der Waals surface area contributed by atoms with Gasteiger partial charge in [-0.15, -0.1) is 11.3 Å². The highest BCUT2D eigenvalue weighted by Gasteiger charge is 2.00. The molecule has 0 bridgehead atoms. The van der Waals surface area contributed by atoms with E-state index in [-0.39, 0.29) is 0 Å². The van der Waals surface area contributed by atoms with E-state index in [1.165, 1.54) is 61.7 Å². The Morgan fingerprint density at radius 1 is 1.06 bits per heavy atom. The van der Waals surface area contributed by atoms with Gasteiger partial charge in [-0.2, -0.15) is 0 Å². The Hall–Kier alpha value is 0.140. The molecule has 3 heteroatoms.